The van der Waals surface area contributed by atoms with Gasteiger partial charge in [0.05, 0.1) is 18.3 Å². The molecule has 4 rings (SSSR count). The van der Waals surface area contributed by atoms with Crippen molar-refractivity contribution < 1.29 is 4.74 Å². The molecule has 0 N–H and O–H groups in total. The second-order valence-corrected chi connectivity index (χ2v) is 7.54. The van der Waals surface area contributed by atoms with E-state index in [4.69, 9.17) is 4.74 Å². The van der Waals surface area contributed by atoms with E-state index >= 15 is 0 Å². The Balaban J connectivity index is 0.00000240. The molecular weight excluding hydrogens is 384 g/mol. The Morgan fingerprint density at radius 1 is 0.966 bits per heavy atom. The van der Waals surface area contributed by atoms with Gasteiger partial charge in [-0.2, -0.15) is 5.11 Å². The van der Waals surface area contributed by atoms with Crippen LogP contribution in [-0.2, 0) is 13.6 Å². The molecule has 0 radical (unpaired) electrons. The highest BCUT2D eigenvalue weighted by atomic mass is 35.5. The number of methoxy groups -OCH3 is 1. The Kier molecular flexibility index (Phi) is 6.93. The van der Waals surface area contributed by atoms with Gasteiger partial charge >= 0.3 is 0 Å². The predicted octanol–water partition coefficient (Wildman–Crippen LogP) is 6.32. The Bertz CT molecular complexity index is 988. The van der Waals surface area contributed by atoms with E-state index in [2.05, 4.69) is 51.9 Å². The van der Waals surface area contributed by atoms with Gasteiger partial charge in [-0.3, -0.25) is 4.90 Å². The molecule has 1 aliphatic rings. The predicted molar refractivity (Wildman–Crippen MR) is 121 cm³/mol. The molecule has 0 spiro atoms. The van der Waals surface area contributed by atoms with Gasteiger partial charge in [0, 0.05) is 24.7 Å². The van der Waals surface area contributed by atoms with Crippen molar-refractivity contribution in [3.63, 3.8) is 0 Å². The summed E-state index contributed by atoms with van der Waals surface area (Å²) in [7, 11) is 3.77. The zero-order chi connectivity index (χ0) is 19.5. The number of aryl methyl sites for hydroxylation is 1. The summed E-state index contributed by atoms with van der Waals surface area (Å²) in [5.41, 5.74) is 5.49. The molecule has 154 valence electrons. The maximum Gasteiger partial charge on any atom is 0.119 e. The van der Waals surface area contributed by atoms with Crippen molar-refractivity contribution in [2.75, 3.05) is 20.2 Å². The normalized spacial score (nSPS) is 15.0. The molecule has 1 fully saturated rings. The summed E-state index contributed by atoms with van der Waals surface area (Å²) in [5, 5.41) is 10.4. The Labute approximate surface area is 178 Å². The molecule has 1 aromatic heterocycles. The molecule has 0 unspecified atom stereocenters. The van der Waals surface area contributed by atoms with Gasteiger partial charge in [0.25, 0.3) is 0 Å². The molecule has 6 heteroatoms. The topological polar surface area (TPSA) is 42.1 Å². The van der Waals surface area contributed by atoms with Gasteiger partial charge in [0.15, 0.2) is 0 Å². The third kappa shape index (κ3) is 4.46. The SMILES string of the molecule is COc1ccc(N=Nc2c(C)n(C)c3cccc(CN4CCCCC4)c23)cc1.Cl. The molecule has 0 bridgehead atoms. The summed E-state index contributed by atoms with van der Waals surface area (Å²) < 4.78 is 7.44. The first-order chi connectivity index (χ1) is 13.7. The maximum absolute atomic E-state index is 5.22. The number of halogens is 1. The van der Waals surface area contributed by atoms with Gasteiger partial charge < -0.3 is 9.30 Å². The van der Waals surface area contributed by atoms with E-state index in [1.54, 1.807) is 7.11 Å². The highest BCUT2D eigenvalue weighted by molar-refractivity contribution is 5.96. The highest BCUT2D eigenvalue weighted by Crippen LogP contribution is 2.36. The number of nitrogens with zero attached hydrogens (tertiary/aromatic N) is 4. The number of piperidine rings is 1. The van der Waals surface area contributed by atoms with Crippen LogP contribution in [0.1, 0.15) is 30.5 Å². The van der Waals surface area contributed by atoms with E-state index < -0.39 is 0 Å². The standard InChI is InChI=1S/C23H28N4O.ClH/c1-17-23(25-24-19-10-12-20(28-3)13-11-19)22-18(8-7-9-21(22)26(17)2)16-27-14-5-4-6-15-27;/h7-13H,4-6,14-16H2,1-3H3;1H. The molecule has 29 heavy (non-hydrogen) atoms. The number of benzene rings is 2. The lowest BCUT2D eigenvalue weighted by Gasteiger charge is -2.26. The first-order valence-electron chi connectivity index (χ1n) is 10.0. The summed E-state index contributed by atoms with van der Waals surface area (Å²) in [6.07, 6.45) is 3.95. The van der Waals surface area contributed by atoms with Crippen LogP contribution in [0.3, 0.4) is 0 Å². The van der Waals surface area contributed by atoms with Gasteiger partial charge in [-0.1, -0.05) is 18.6 Å². The fraction of sp³-hybridized carbons (Fsp3) is 0.391. The number of hydrogen-bond donors (Lipinski definition) is 0. The van der Waals surface area contributed by atoms with E-state index in [1.165, 1.54) is 48.8 Å². The second kappa shape index (κ2) is 9.42. The van der Waals surface area contributed by atoms with E-state index in [9.17, 15) is 0 Å². The fourth-order valence-electron chi connectivity index (χ4n) is 4.03. The zero-order valence-electron chi connectivity index (χ0n) is 17.4. The van der Waals surface area contributed by atoms with Crippen LogP contribution in [0.15, 0.2) is 52.7 Å². The van der Waals surface area contributed by atoms with Crippen molar-refractivity contribution in [1.82, 2.24) is 9.47 Å². The van der Waals surface area contributed by atoms with Gasteiger partial charge in [0.1, 0.15) is 11.4 Å². The van der Waals surface area contributed by atoms with Crippen molar-refractivity contribution in [2.45, 2.75) is 32.7 Å². The van der Waals surface area contributed by atoms with Crippen LogP contribution >= 0.6 is 12.4 Å². The molecule has 0 atom stereocenters. The summed E-state index contributed by atoms with van der Waals surface area (Å²) in [6.45, 7) is 5.47. The van der Waals surface area contributed by atoms with Crippen LogP contribution in [0.2, 0.25) is 0 Å². The van der Waals surface area contributed by atoms with Gasteiger partial charge in [-0.05, 0) is 68.8 Å². The minimum Gasteiger partial charge on any atom is -0.497 e. The fourth-order valence-corrected chi connectivity index (χ4v) is 4.03. The third-order valence-corrected chi connectivity index (χ3v) is 5.75. The Hall–Kier alpha value is -2.37. The van der Waals surface area contributed by atoms with Crippen LogP contribution in [0.5, 0.6) is 5.75 Å². The van der Waals surface area contributed by atoms with Crippen LogP contribution < -0.4 is 4.74 Å². The van der Waals surface area contributed by atoms with Crippen LogP contribution in [0.25, 0.3) is 10.9 Å². The largest absolute Gasteiger partial charge is 0.497 e. The zero-order valence-corrected chi connectivity index (χ0v) is 18.2. The van der Waals surface area contributed by atoms with Gasteiger partial charge in [-0.15, -0.1) is 17.5 Å². The number of hydrogen-bond acceptors (Lipinski definition) is 4. The highest BCUT2D eigenvalue weighted by Gasteiger charge is 2.18. The van der Waals surface area contributed by atoms with Gasteiger partial charge in [0.2, 0.25) is 0 Å². The van der Waals surface area contributed by atoms with E-state index in [-0.39, 0.29) is 12.4 Å². The molecule has 5 nitrogen and oxygen atoms in total. The smallest absolute Gasteiger partial charge is 0.119 e. The van der Waals surface area contributed by atoms with Crippen molar-refractivity contribution in [2.24, 2.45) is 17.3 Å². The first-order valence-corrected chi connectivity index (χ1v) is 10.0. The molecule has 2 aromatic carbocycles. The molecule has 0 aliphatic carbocycles. The number of fused-ring (bicyclic) bond motifs is 1. The van der Waals surface area contributed by atoms with Gasteiger partial charge in [-0.25, -0.2) is 0 Å². The molecule has 2 heterocycles. The Morgan fingerprint density at radius 2 is 1.69 bits per heavy atom. The van der Waals surface area contributed by atoms with Crippen molar-refractivity contribution >= 4 is 34.7 Å². The number of rotatable bonds is 5. The van der Waals surface area contributed by atoms with Crippen LogP contribution in [0.4, 0.5) is 11.4 Å². The summed E-state index contributed by atoms with van der Waals surface area (Å²) in [4.78, 5) is 2.56. The minimum atomic E-state index is 0. The lowest BCUT2D eigenvalue weighted by atomic mass is 10.1. The number of aromatic nitrogens is 1. The van der Waals surface area contributed by atoms with E-state index in [1.807, 2.05) is 24.3 Å². The van der Waals surface area contributed by atoms with E-state index in [0.717, 1.165) is 29.4 Å². The monoisotopic (exact) mass is 412 g/mol. The van der Waals surface area contributed by atoms with Crippen molar-refractivity contribution in [3.05, 3.63) is 53.7 Å². The quantitative estimate of drug-likeness (QED) is 0.460. The average molecular weight is 413 g/mol. The lowest BCUT2D eigenvalue weighted by molar-refractivity contribution is 0.221. The number of likely N-dealkylation sites (tertiary alicyclic amines) is 1. The minimum absolute atomic E-state index is 0. The summed E-state index contributed by atoms with van der Waals surface area (Å²) in [5.74, 6) is 0.823. The summed E-state index contributed by atoms with van der Waals surface area (Å²) in [6, 6.07) is 14.2. The van der Waals surface area contributed by atoms with Crippen molar-refractivity contribution in [3.8, 4) is 5.75 Å². The van der Waals surface area contributed by atoms with Crippen molar-refractivity contribution in [1.29, 1.82) is 0 Å². The van der Waals surface area contributed by atoms with Crippen LogP contribution in [-0.4, -0.2) is 29.7 Å². The summed E-state index contributed by atoms with van der Waals surface area (Å²) >= 11 is 0. The molecule has 0 amide bonds. The third-order valence-electron chi connectivity index (χ3n) is 5.75. The van der Waals surface area contributed by atoms with E-state index in [0.29, 0.717) is 0 Å². The molecular formula is C23H29ClN4O. The average Bonchev–Trinajstić information content (AvgIpc) is 2.99. The molecule has 1 saturated heterocycles. The first kappa shape index (κ1) is 21.3. The second-order valence-electron chi connectivity index (χ2n) is 7.54. The molecule has 1 aliphatic heterocycles. The molecule has 0 saturated carbocycles. The Morgan fingerprint density at radius 3 is 2.38 bits per heavy atom. The number of azo groups is 1. The maximum atomic E-state index is 5.22. The molecule has 3 aromatic rings. The van der Waals surface area contributed by atoms with Crippen LogP contribution in [0, 0.1) is 6.92 Å². The lowest BCUT2D eigenvalue weighted by Crippen LogP contribution is -2.29. The number of ether oxygens (including phenoxy) is 1.